The monoisotopic (exact) mass is 318 g/mol. The Morgan fingerprint density at radius 2 is 2.29 bits per heavy atom. The number of thioether (sulfide) groups is 1. The minimum Gasteiger partial charge on any atom is -0.320 e. The highest BCUT2D eigenvalue weighted by Crippen LogP contribution is 2.38. The van der Waals surface area contributed by atoms with Gasteiger partial charge in [-0.3, -0.25) is 4.79 Å². The molecule has 1 aliphatic rings. The number of halogens is 1. The van der Waals surface area contributed by atoms with E-state index in [0.717, 1.165) is 11.1 Å². The lowest BCUT2D eigenvalue weighted by atomic mass is 9.87. The molecule has 0 saturated carbocycles. The van der Waals surface area contributed by atoms with Crippen LogP contribution in [-0.4, -0.2) is 11.7 Å². The number of nitriles is 1. The molecule has 2 rings (SSSR count). The molecule has 1 atom stereocenters. The topological polar surface area (TPSA) is 52.9 Å². The number of allylic oxidation sites excluding steroid dienone is 1. The molecule has 0 spiro atoms. The van der Waals surface area contributed by atoms with Crippen molar-refractivity contribution in [2.24, 2.45) is 0 Å². The van der Waals surface area contributed by atoms with Crippen LogP contribution in [0.4, 0.5) is 0 Å². The van der Waals surface area contributed by atoms with Gasteiger partial charge in [0.15, 0.2) is 0 Å². The lowest BCUT2D eigenvalue weighted by Crippen LogP contribution is -2.31. The van der Waals surface area contributed by atoms with Crippen LogP contribution in [0.1, 0.15) is 24.8 Å². The number of rotatable bonds is 4. The van der Waals surface area contributed by atoms with Crippen molar-refractivity contribution in [3.8, 4) is 6.07 Å². The lowest BCUT2D eigenvalue weighted by Gasteiger charge is -2.25. The second-order valence-electron chi connectivity index (χ2n) is 4.93. The van der Waals surface area contributed by atoms with Gasteiger partial charge in [0.05, 0.1) is 16.7 Å². The van der Waals surface area contributed by atoms with Crippen LogP contribution in [0.5, 0.6) is 0 Å². The maximum absolute atomic E-state index is 11.9. The summed E-state index contributed by atoms with van der Waals surface area (Å²) in [7, 11) is 0. The third kappa shape index (κ3) is 3.69. The van der Waals surface area contributed by atoms with Gasteiger partial charge >= 0.3 is 0 Å². The quantitative estimate of drug-likeness (QED) is 0.854. The van der Waals surface area contributed by atoms with Crippen LogP contribution in [0.15, 0.2) is 47.0 Å². The Morgan fingerprint density at radius 3 is 2.90 bits per heavy atom. The zero-order valence-corrected chi connectivity index (χ0v) is 13.2. The first-order chi connectivity index (χ1) is 10.0. The number of nitrogens with zero attached hydrogens (tertiary/aromatic N) is 1. The molecular weight excluding hydrogens is 304 g/mol. The summed E-state index contributed by atoms with van der Waals surface area (Å²) in [6.07, 6.45) is 0.240. The number of amides is 1. The van der Waals surface area contributed by atoms with E-state index >= 15 is 0 Å². The highest BCUT2D eigenvalue weighted by molar-refractivity contribution is 8.03. The van der Waals surface area contributed by atoms with Gasteiger partial charge in [-0.1, -0.05) is 42.0 Å². The maximum Gasteiger partial charge on any atom is 0.225 e. The van der Waals surface area contributed by atoms with Crippen molar-refractivity contribution in [1.82, 2.24) is 5.32 Å². The molecule has 21 heavy (non-hydrogen) atoms. The predicted octanol–water partition coefficient (Wildman–Crippen LogP) is 3.99. The number of carbonyl (C=O) groups is 1. The van der Waals surface area contributed by atoms with Crippen LogP contribution in [0.3, 0.4) is 0 Å². The average molecular weight is 319 g/mol. The Kier molecular flexibility index (Phi) is 5.11. The van der Waals surface area contributed by atoms with E-state index in [4.69, 9.17) is 11.6 Å². The summed E-state index contributed by atoms with van der Waals surface area (Å²) < 4.78 is 0. The zero-order valence-electron chi connectivity index (χ0n) is 11.6. The molecule has 0 aliphatic carbocycles. The van der Waals surface area contributed by atoms with Gasteiger partial charge in [0.2, 0.25) is 5.91 Å². The Balaban J connectivity index is 2.42. The fourth-order valence-corrected chi connectivity index (χ4v) is 3.34. The third-order valence-corrected chi connectivity index (χ3v) is 4.69. The van der Waals surface area contributed by atoms with Crippen LogP contribution in [-0.2, 0) is 4.79 Å². The van der Waals surface area contributed by atoms with E-state index in [2.05, 4.69) is 18.0 Å². The molecular formula is C16H15ClN2OS. The normalized spacial score (nSPS) is 18.1. The molecule has 108 valence electrons. The minimum absolute atomic E-state index is 0.0943. The minimum atomic E-state index is -0.287. The first-order valence-electron chi connectivity index (χ1n) is 6.48. The van der Waals surface area contributed by atoms with Crippen molar-refractivity contribution in [3.05, 3.63) is 57.6 Å². The summed E-state index contributed by atoms with van der Waals surface area (Å²) in [5.74, 6) is 0.281. The van der Waals surface area contributed by atoms with E-state index in [1.54, 1.807) is 6.07 Å². The van der Waals surface area contributed by atoms with Gasteiger partial charge in [-0.05, 0) is 18.6 Å². The number of benzene rings is 1. The number of nitrogens with one attached hydrogen (secondary N) is 1. The second-order valence-corrected chi connectivity index (χ2v) is 6.32. The maximum atomic E-state index is 11.9. The van der Waals surface area contributed by atoms with Crippen LogP contribution < -0.4 is 5.32 Å². The highest BCUT2D eigenvalue weighted by Gasteiger charge is 2.30. The number of hydrogen-bond donors (Lipinski definition) is 1. The standard InChI is InChI=1S/C16H15ClN2OS/c1-10(2)9-21-16-13(8-18)12(7-15(20)19-16)11-5-3-4-6-14(11)17/h3-6,12H,1,7,9H2,2H3,(H,19,20)/t12-/m1/s1. The summed E-state index contributed by atoms with van der Waals surface area (Å²) in [5, 5.41) is 13.5. The molecule has 3 nitrogen and oxygen atoms in total. The van der Waals surface area contributed by atoms with E-state index < -0.39 is 0 Å². The summed E-state index contributed by atoms with van der Waals surface area (Å²) >= 11 is 7.65. The largest absolute Gasteiger partial charge is 0.320 e. The second kappa shape index (κ2) is 6.84. The first-order valence-corrected chi connectivity index (χ1v) is 7.85. The molecule has 1 heterocycles. The molecule has 0 saturated heterocycles. The van der Waals surface area contributed by atoms with Gasteiger partial charge < -0.3 is 5.32 Å². The van der Waals surface area contributed by atoms with E-state index in [1.807, 2.05) is 25.1 Å². The third-order valence-electron chi connectivity index (χ3n) is 3.10. The molecule has 1 aromatic rings. The molecule has 0 fully saturated rings. The van der Waals surface area contributed by atoms with Gasteiger partial charge in [-0.15, -0.1) is 11.8 Å². The molecule has 5 heteroatoms. The van der Waals surface area contributed by atoms with E-state index in [1.165, 1.54) is 11.8 Å². The first kappa shape index (κ1) is 15.7. The molecule has 0 unspecified atom stereocenters. The number of hydrogen-bond acceptors (Lipinski definition) is 3. The lowest BCUT2D eigenvalue weighted by molar-refractivity contribution is -0.120. The van der Waals surface area contributed by atoms with Gasteiger partial charge in [-0.2, -0.15) is 5.26 Å². The number of carbonyl (C=O) groups excluding carboxylic acids is 1. The molecule has 1 aliphatic heterocycles. The van der Waals surface area contributed by atoms with E-state index in [9.17, 15) is 10.1 Å². The van der Waals surface area contributed by atoms with Crippen LogP contribution in [0.25, 0.3) is 0 Å². The molecule has 1 amide bonds. The zero-order chi connectivity index (χ0) is 15.4. The Bertz CT molecular complexity index is 660. The summed E-state index contributed by atoms with van der Waals surface area (Å²) in [4.78, 5) is 11.9. The van der Waals surface area contributed by atoms with Gasteiger partial charge in [0.1, 0.15) is 0 Å². The Morgan fingerprint density at radius 1 is 1.57 bits per heavy atom. The van der Waals surface area contributed by atoms with Crippen molar-refractivity contribution >= 4 is 29.3 Å². The SMILES string of the molecule is C=C(C)CSC1=C(C#N)[C@@H](c2ccccc2Cl)CC(=O)N1. The van der Waals surface area contributed by atoms with Crippen molar-refractivity contribution in [3.63, 3.8) is 0 Å². The summed E-state index contributed by atoms with van der Waals surface area (Å²) in [6, 6.07) is 9.57. The van der Waals surface area contributed by atoms with E-state index in [0.29, 0.717) is 21.4 Å². The highest BCUT2D eigenvalue weighted by atomic mass is 35.5. The van der Waals surface area contributed by atoms with Gasteiger partial charge in [0, 0.05) is 23.1 Å². The van der Waals surface area contributed by atoms with Gasteiger partial charge in [0.25, 0.3) is 0 Å². The van der Waals surface area contributed by atoms with Crippen molar-refractivity contribution in [2.45, 2.75) is 19.3 Å². The average Bonchev–Trinajstić information content (AvgIpc) is 2.45. The Hall–Kier alpha value is -1.70. The fraction of sp³-hybridized carbons (Fsp3) is 0.250. The molecule has 0 radical (unpaired) electrons. The van der Waals surface area contributed by atoms with E-state index in [-0.39, 0.29) is 18.2 Å². The van der Waals surface area contributed by atoms with Gasteiger partial charge in [-0.25, -0.2) is 0 Å². The molecule has 1 aromatic carbocycles. The molecule has 1 N–H and O–H groups in total. The van der Waals surface area contributed by atoms with Crippen LogP contribution in [0.2, 0.25) is 5.02 Å². The smallest absolute Gasteiger partial charge is 0.225 e. The summed E-state index contributed by atoms with van der Waals surface area (Å²) in [5.41, 5.74) is 2.37. The van der Waals surface area contributed by atoms with Crippen molar-refractivity contribution < 1.29 is 4.79 Å². The summed E-state index contributed by atoms with van der Waals surface area (Å²) in [6.45, 7) is 5.75. The van der Waals surface area contributed by atoms with Crippen molar-refractivity contribution in [1.29, 1.82) is 5.26 Å². The van der Waals surface area contributed by atoms with Crippen molar-refractivity contribution in [2.75, 3.05) is 5.75 Å². The predicted molar refractivity (Wildman–Crippen MR) is 86.9 cm³/mol. The Labute approximate surface area is 133 Å². The molecule has 0 bridgehead atoms. The van der Waals surface area contributed by atoms with Crippen LogP contribution >= 0.6 is 23.4 Å². The fourth-order valence-electron chi connectivity index (χ4n) is 2.15. The molecule has 0 aromatic heterocycles. The van der Waals surface area contributed by atoms with Crippen LogP contribution in [0, 0.1) is 11.3 Å².